The number of benzene rings is 1. The molecule has 0 heterocycles. The molecular weight excluding hydrogens is 264 g/mol. The van der Waals surface area contributed by atoms with Gasteiger partial charge in [0.1, 0.15) is 0 Å². The van der Waals surface area contributed by atoms with Gasteiger partial charge >= 0.3 is 0 Å². The summed E-state index contributed by atoms with van der Waals surface area (Å²) in [6.45, 7) is 4.53. The Kier molecular flexibility index (Phi) is 2.83. The number of hydrogen-bond donors (Lipinski definition) is 0. The quantitative estimate of drug-likeness (QED) is 0.591. The molecule has 0 spiro atoms. The van der Waals surface area contributed by atoms with Crippen molar-refractivity contribution in [2.75, 3.05) is 0 Å². The Morgan fingerprint density at radius 2 is 1.85 bits per heavy atom. The van der Waals surface area contributed by atoms with Gasteiger partial charge in [-0.3, -0.25) is 0 Å². The van der Waals surface area contributed by atoms with E-state index < -0.39 is 0 Å². The third kappa shape index (κ3) is 1.96. The summed E-state index contributed by atoms with van der Waals surface area (Å²) in [5, 5.41) is 0. The van der Waals surface area contributed by atoms with Gasteiger partial charge in [0.15, 0.2) is 0 Å². The molecule has 0 aromatic heterocycles. The van der Waals surface area contributed by atoms with Crippen LogP contribution in [0.2, 0.25) is 0 Å². The molecule has 4 saturated carbocycles. The highest BCUT2D eigenvalue weighted by atomic mass is 35.5. The molecule has 0 N–H and O–H groups in total. The van der Waals surface area contributed by atoms with Crippen LogP contribution in [0.15, 0.2) is 29.8 Å². The first-order valence-corrected chi connectivity index (χ1v) is 8.38. The summed E-state index contributed by atoms with van der Waals surface area (Å²) in [6.07, 6.45) is 6.51. The van der Waals surface area contributed by atoms with E-state index in [-0.39, 0.29) is 4.87 Å². The van der Waals surface area contributed by atoms with Crippen molar-refractivity contribution in [2.45, 2.75) is 50.8 Å². The van der Waals surface area contributed by atoms with E-state index in [4.69, 9.17) is 11.6 Å². The Bertz CT molecular complexity index is 565. The maximum Gasteiger partial charge on any atom is 0.0461 e. The molecule has 20 heavy (non-hydrogen) atoms. The van der Waals surface area contributed by atoms with Crippen molar-refractivity contribution in [3.63, 3.8) is 0 Å². The number of alkyl halides is 1. The third-order valence-electron chi connectivity index (χ3n) is 5.88. The van der Waals surface area contributed by atoms with E-state index in [2.05, 4.69) is 38.1 Å². The van der Waals surface area contributed by atoms with Crippen LogP contribution in [-0.4, -0.2) is 4.87 Å². The van der Waals surface area contributed by atoms with Crippen LogP contribution in [0.25, 0.3) is 5.57 Å². The Morgan fingerprint density at radius 3 is 2.45 bits per heavy atom. The van der Waals surface area contributed by atoms with Gasteiger partial charge in [-0.25, -0.2) is 0 Å². The number of allylic oxidation sites excluding steroid dienone is 2. The average Bonchev–Trinajstić information content (AvgIpc) is 2.36. The van der Waals surface area contributed by atoms with Crippen LogP contribution < -0.4 is 0 Å². The zero-order valence-electron chi connectivity index (χ0n) is 12.5. The van der Waals surface area contributed by atoms with Crippen LogP contribution in [0.3, 0.4) is 0 Å². The summed E-state index contributed by atoms with van der Waals surface area (Å²) >= 11 is 6.85. The minimum Gasteiger partial charge on any atom is -0.119 e. The Labute approximate surface area is 127 Å². The van der Waals surface area contributed by atoms with E-state index in [0.29, 0.717) is 0 Å². The summed E-state index contributed by atoms with van der Waals surface area (Å²) in [5.41, 5.74) is 6.08. The van der Waals surface area contributed by atoms with Gasteiger partial charge < -0.3 is 0 Å². The lowest BCUT2D eigenvalue weighted by atomic mass is 9.53. The Hall–Kier alpha value is -0.750. The van der Waals surface area contributed by atoms with Gasteiger partial charge in [-0.1, -0.05) is 35.4 Å². The Balaban J connectivity index is 1.77. The highest BCUT2D eigenvalue weighted by molar-refractivity contribution is 6.24. The number of rotatable bonds is 1. The van der Waals surface area contributed by atoms with E-state index in [1.165, 1.54) is 43.2 Å². The van der Waals surface area contributed by atoms with Crippen molar-refractivity contribution in [1.82, 2.24) is 0 Å². The van der Waals surface area contributed by atoms with Gasteiger partial charge in [0, 0.05) is 4.87 Å². The van der Waals surface area contributed by atoms with Crippen molar-refractivity contribution < 1.29 is 0 Å². The third-order valence-corrected chi connectivity index (χ3v) is 6.34. The van der Waals surface area contributed by atoms with E-state index in [9.17, 15) is 0 Å². The molecule has 0 saturated heterocycles. The molecule has 1 aromatic carbocycles. The van der Waals surface area contributed by atoms with Crippen molar-refractivity contribution >= 4 is 17.2 Å². The maximum absolute atomic E-state index is 6.85. The molecule has 1 aromatic rings. The number of halogens is 1. The normalized spacial score (nSPS) is 38.4. The van der Waals surface area contributed by atoms with E-state index in [0.717, 1.165) is 17.8 Å². The van der Waals surface area contributed by atoms with E-state index in [1.54, 1.807) is 11.1 Å². The zero-order valence-corrected chi connectivity index (χ0v) is 13.2. The largest absolute Gasteiger partial charge is 0.119 e. The SMILES string of the molecule is CC(=C1C2CC3CC1CC(Cl)(C3)C2)c1cccc(C)c1. The summed E-state index contributed by atoms with van der Waals surface area (Å²) < 4.78 is 0. The predicted molar refractivity (Wildman–Crippen MR) is 85.9 cm³/mol. The first kappa shape index (κ1) is 13.0. The van der Waals surface area contributed by atoms with Crippen LogP contribution >= 0.6 is 11.6 Å². The van der Waals surface area contributed by atoms with Gasteiger partial charge in [-0.2, -0.15) is 0 Å². The van der Waals surface area contributed by atoms with Gasteiger partial charge in [0.25, 0.3) is 0 Å². The zero-order chi connectivity index (χ0) is 13.9. The van der Waals surface area contributed by atoms with E-state index >= 15 is 0 Å². The fraction of sp³-hybridized carbons (Fsp3) is 0.579. The van der Waals surface area contributed by atoms with Gasteiger partial charge in [0.05, 0.1) is 0 Å². The average molecular weight is 287 g/mol. The fourth-order valence-corrected chi connectivity index (χ4v) is 5.94. The summed E-state index contributed by atoms with van der Waals surface area (Å²) in [4.78, 5) is 0.146. The number of hydrogen-bond acceptors (Lipinski definition) is 0. The number of aryl methyl sites for hydroxylation is 1. The maximum atomic E-state index is 6.85. The van der Waals surface area contributed by atoms with Crippen LogP contribution in [0.4, 0.5) is 0 Å². The molecule has 0 aliphatic heterocycles. The standard InChI is InChI=1S/C19H23Cl/c1-12-4-3-5-15(6-12)13(2)18-16-7-14-8-17(18)11-19(20,9-14)10-16/h3-6,14,16-17H,7-11H2,1-2H3. The molecular formula is C19H23Cl. The van der Waals surface area contributed by atoms with Crippen LogP contribution in [0, 0.1) is 24.7 Å². The highest BCUT2D eigenvalue weighted by Crippen LogP contribution is 2.61. The summed E-state index contributed by atoms with van der Waals surface area (Å²) in [7, 11) is 0. The second-order valence-corrected chi connectivity index (χ2v) is 8.25. The highest BCUT2D eigenvalue weighted by Gasteiger charge is 2.52. The first-order valence-electron chi connectivity index (χ1n) is 8.01. The van der Waals surface area contributed by atoms with Gasteiger partial charge in [0.2, 0.25) is 0 Å². The molecule has 106 valence electrons. The van der Waals surface area contributed by atoms with Crippen molar-refractivity contribution in [3.8, 4) is 0 Å². The minimum absolute atomic E-state index is 0.146. The molecule has 4 fully saturated rings. The lowest BCUT2D eigenvalue weighted by Crippen LogP contribution is -2.48. The minimum atomic E-state index is 0.146. The molecule has 1 heteroatoms. The lowest BCUT2D eigenvalue weighted by molar-refractivity contribution is 0.0875. The molecule has 4 aliphatic rings. The summed E-state index contributed by atoms with van der Waals surface area (Å²) in [6, 6.07) is 8.99. The summed E-state index contributed by atoms with van der Waals surface area (Å²) in [5.74, 6) is 2.43. The molecule has 2 atom stereocenters. The molecule has 0 amide bonds. The van der Waals surface area contributed by atoms with Crippen LogP contribution in [0.5, 0.6) is 0 Å². The van der Waals surface area contributed by atoms with Gasteiger partial charge in [-0.15, -0.1) is 11.6 Å². The van der Waals surface area contributed by atoms with Crippen molar-refractivity contribution in [2.24, 2.45) is 17.8 Å². The second-order valence-electron chi connectivity index (χ2n) is 7.44. The van der Waals surface area contributed by atoms with Crippen molar-refractivity contribution in [3.05, 3.63) is 41.0 Å². The molecule has 0 nitrogen and oxygen atoms in total. The second kappa shape index (κ2) is 4.37. The fourth-order valence-electron chi connectivity index (χ4n) is 5.35. The molecule has 5 rings (SSSR count). The topological polar surface area (TPSA) is 0 Å². The lowest BCUT2D eigenvalue weighted by Gasteiger charge is -2.56. The molecule has 0 radical (unpaired) electrons. The van der Waals surface area contributed by atoms with Crippen LogP contribution in [0.1, 0.15) is 50.2 Å². The van der Waals surface area contributed by atoms with Gasteiger partial charge in [-0.05, 0) is 74.8 Å². The molecule has 4 aliphatic carbocycles. The molecule has 2 unspecified atom stereocenters. The monoisotopic (exact) mass is 286 g/mol. The van der Waals surface area contributed by atoms with Crippen molar-refractivity contribution in [1.29, 1.82) is 0 Å². The Morgan fingerprint density at radius 1 is 1.15 bits per heavy atom. The smallest absolute Gasteiger partial charge is 0.0461 e. The van der Waals surface area contributed by atoms with E-state index in [1.807, 2.05) is 0 Å². The van der Waals surface area contributed by atoms with Crippen LogP contribution in [-0.2, 0) is 0 Å². The molecule has 4 bridgehead atoms. The predicted octanol–water partition coefficient (Wildman–Crippen LogP) is 5.59. The first-order chi connectivity index (χ1) is 9.54.